The first-order valence-corrected chi connectivity index (χ1v) is 6.11. The predicted octanol–water partition coefficient (Wildman–Crippen LogP) is 0.790. The van der Waals surface area contributed by atoms with E-state index in [0.717, 1.165) is 19.3 Å². The molecule has 0 spiro atoms. The van der Waals surface area contributed by atoms with Gasteiger partial charge in [0.25, 0.3) is 0 Å². The van der Waals surface area contributed by atoms with Crippen LogP contribution in [-0.2, 0) is 9.59 Å². The summed E-state index contributed by atoms with van der Waals surface area (Å²) in [5.74, 6) is 0.401. The van der Waals surface area contributed by atoms with Crippen LogP contribution in [0.4, 0.5) is 0 Å². The molecule has 0 radical (unpaired) electrons. The third kappa shape index (κ3) is 1.86. The Labute approximate surface area is 95.6 Å². The average Bonchev–Trinajstić information content (AvgIpc) is 2.50. The number of aliphatic hydroxyl groups excluding tert-OH is 1. The number of likely N-dealkylation sites (tertiary alicyclic amines) is 1. The van der Waals surface area contributed by atoms with E-state index in [1.165, 1.54) is 4.90 Å². The molecule has 4 heteroatoms. The van der Waals surface area contributed by atoms with Gasteiger partial charge in [0.05, 0.1) is 11.8 Å². The van der Waals surface area contributed by atoms with Gasteiger partial charge in [0.2, 0.25) is 11.8 Å². The van der Waals surface area contributed by atoms with Crippen molar-refractivity contribution in [2.45, 2.75) is 32.6 Å². The number of rotatable bonds is 3. The lowest BCUT2D eigenvalue weighted by molar-refractivity contribution is -0.140. The maximum absolute atomic E-state index is 12.0. The van der Waals surface area contributed by atoms with Gasteiger partial charge in [-0.15, -0.1) is 0 Å². The second-order valence-electron chi connectivity index (χ2n) is 5.04. The minimum atomic E-state index is -0.0741. The van der Waals surface area contributed by atoms with Crippen LogP contribution in [-0.4, -0.2) is 35.0 Å². The number of imide groups is 1. The lowest BCUT2D eigenvalue weighted by Gasteiger charge is -2.25. The molecule has 90 valence electrons. The highest BCUT2D eigenvalue weighted by atomic mass is 16.3. The zero-order chi connectivity index (χ0) is 11.7. The van der Waals surface area contributed by atoms with E-state index in [4.69, 9.17) is 5.11 Å². The van der Waals surface area contributed by atoms with Gasteiger partial charge in [0.15, 0.2) is 0 Å². The first kappa shape index (κ1) is 11.6. The summed E-state index contributed by atoms with van der Waals surface area (Å²) in [5, 5.41) is 8.75. The molecule has 1 saturated heterocycles. The van der Waals surface area contributed by atoms with Crippen LogP contribution in [0.15, 0.2) is 0 Å². The third-order valence-corrected chi connectivity index (χ3v) is 3.82. The Bertz CT molecular complexity index is 303. The summed E-state index contributed by atoms with van der Waals surface area (Å²) >= 11 is 0. The van der Waals surface area contributed by atoms with Crippen LogP contribution in [0, 0.1) is 17.8 Å². The number of carbonyl (C=O) groups is 2. The molecule has 0 aromatic carbocycles. The summed E-state index contributed by atoms with van der Waals surface area (Å²) in [6, 6.07) is 0. The van der Waals surface area contributed by atoms with E-state index < -0.39 is 0 Å². The van der Waals surface area contributed by atoms with Crippen molar-refractivity contribution in [1.82, 2.24) is 4.90 Å². The molecule has 3 atom stereocenters. The standard InChI is InChI=1S/C12H19NO3/c1-8-3-4-9-10(7-8)12(16)13(11(9)15)5-2-6-14/h8-10,14H,2-7H2,1H3. The van der Waals surface area contributed by atoms with Gasteiger partial charge in [-0.3, -0.25) is 14.5 Å². The van der Waals surface area contributed by atoms with Gasteiger partial charge in [-0.2, -0.15) is 0 Å². The van der Waals surface area contributed by atoms with E-state index in [1.807, 2.05) is 0 Å². The van der Waals surface area contributed by atoms with E-state index in [0.29, 0.717) is 18.9 Å². The molecule has 16 heavy (non-hydrogen) atoms. The predicted molar refractivity (Wildman–Crippen MR) is 58.4 cm³/mol. The van der Waals surface area contributed by atoms with Crippen molar-refractivity contribution in [2.75, 3.05) is 13.2 Å². The van der Waals surface area contributed by atoms with Crippen molar-refractivity contribution in [3.05, 3.63) is 0 Å². The molecule has 2 fully saturated rings. The van der Waals surface area contributed by atoms with Crippen molar-refractivity contribution in [3.63, 3.8) is 0 Å². The SMILES string of the molecule is CC1CCC2C(=O)N(CCCO)C(=O)C2C1. The van der Waals surface area contributed by atoms with E-state index in [9.17, 15) is 9.59 Å². The molecule has 1 aliphatic heterocycles. The molecule has 0 aromatic heterocycles. The van der Waals surface area contributed by atoms with Crippen LogP contribution in [0.2, 0.25) is 0 Å². The summed E-state index contributed by atoms with van der Waals surface area (Å²) in [5.41, 5.74) is 0. The molecule has 1 saturated carbocycles. The molecule has 2 aliphatic rings. The second kappa shape index (κ2) is 4.53. The van der Waals surface area contributed by atoms with E-state index in [-0.39, 0.29) is 30.3 Å². The number of hydrogen-bond acceptors (Lipinski definition) is 3. The number of nitrogens with zero attached hydrogens (tertiary/aromatic N) is 1. The quantitative estimate of drug-likeness (QED) is 0.722. The normalized spacial score (nSPS) is 34.4. The fraction of sp³-hybridized carbons (Fsp3) is 0.833. The fourth-order valence-electron chi connectivity index (χ4n) is 2.91. The first-order chi connectivity index (χ1) is 7.65. The maximum atomic E-state index is 12.0. The fourth-order valence-corrected chi connectivity index (χ4v) is 2.91. The largest absolute Gasteiger partial charge is 0.396 e. The van der Waals surface area contributed by atoms with Gasteiger partial charge in [0, 0.05) is 13.2 Å². The molecule has 4 nitrogen and oxygen atoms in total. The molecular weight excluding hydrogens is 206 g/mol. The molecule has 2 amide bonds. The number of carbonyl (C=O) groups excluding carboxylic acids is 2. The van der Waals surface area contributed by atoms with Crippen molar-refractivity contribution in [2.24, 2.45) is 17.8 Å². The Balaban J connectivity index is 2.08. The van der Waals surface area contributed by atoms with Crippen molar-refractivity contribution in [1.29, 1.82) is 0 Å². The number of aliphatic hydroxyl groups is 1. The maximum Gasteiger partial charge on any atom is 0.233 e. The number of amides is 2. The van der Waals surface area contributed by atoms with Crippen LogP contribution in [0.1, 0.15) is 32.6 Å². The lowest BCUT2D eigenvalue weighted by Crippen LogP contribution is -2.32. The van der Waals surface area contributed by atoms with E-state index >= 15 is 0 Å². The van der Waals surface area contributed by atoms with Gasteiger partial charge in [0.1, 0.15) is 0 Å². The van der Waals surface area contributed by atoms with E-state index in [2.05, 4.69) is 6.92 Å². The number of hydrogen-bond donors (Lipinski definition) is 1. The molecular formula is C12H19NO3. The summed E-state index contributed by atoms with van der Waals surface area (Å²) in [4.78, 5) is 25.4. The molecule has 0 bridgehead atoms. The summed E-state index contributed by atoms with van der Waals surface area (Å²) < 4.78 is 0. The van der Waals surface area contributed by atoms with E-state index in [1.54, 1.807) is 0 Å². The monoisotopic (exact) mass is 225 g/mol. The van der Waals surface area contributed by atoms with Crippen molar-refractivity contribution in [3.8, 4) is 0 Å². The number of fused-ring (bicyclic) bond motifs is 1. The average molecular weight is 225 g/mol. The van der Waals surface area contributed by atoms with Crippen molar-refractivity contribution >= 4 is 11.8 Å². The zero-order valence-electron chi connectivity index (χ0n) is 9.69. The Morgan fingerprint density at radius 2 is 1.94 bits per heavy atom. The molecule has 1 aliphatic carbocycles. The van der Waals surface area contributed by atoms with Gasteiger partial charge >= 0.3 is 0 Å². The molecule has 1 N–H and O–H groups in total. The summed E-state index contributed by atoms with van der Waals surface area (Å²) in [7, 11) is 0. The highest BCUT2D eigenvalue weighted by Crippen LogP contribution is 2.40. The van der Waals surface area contributed by atoms with Crippen LogP contribution in [0.5, 0.6) is 0 Å². The highest BCUT2D eigenvalue weighted by molar-refractivity contribution is 6.05. The summed E-state index contributed by atoms with van der Waals surface area (Å²) in [6.07, 6.45) is 3.25. The van der Waals surface area contributed by atoms with Gasteiger partial charge < -0.3 is 5.11 Å². The topological polar surface area (TPSA) is 57.6 Å². The summed E-state index contributed by atoms with van der Waals surface area (Å²) in [6.45, 7) is 2.56. The van der Waals surface area contributed by atoms with Crippen molar-refractivity contribution < 1.29 is 14.7 Å². The van der Waals surface area contributed by atoms with Crippen LogP contribution >= 0.6 is 0 Å². The molecule has 2 rings (SSSR count). The Hall–Kier alpha value is -0.900. The smallest absolute Gasteiger partial charge is 0.233 e. The van der Waals surface area contributed by atoms with Gasteiger partial charge in [-0.05, 0) is 31.6 Å². The minimum Gasteiger partial charge on any atom is -0.396 e. The first-order valence-electron chi connectivity index (χ1n) is 6.11. The Morgan fingerprint density at radius 3 is 2.62 bits per heavy atom. The van der Waals surface area contributed by atoms with Crippen LogP contribution < -0.4 is 0 Å². The Kier molecular flexibility index (Phi) is 3.28. The highest BCUT2D eigenvalue weighted by Gasteiger charge is 2.48. The van der Waals surface area contributed by atoms with Crippen LogP contribution in [0.3, 0.4) is 0 Å². The van der Waals surface area contributed by atoms with Crippen LogP contribution in [0.25, 0.3) is 0 Å². The minimum absolute atomic E-state index is 0.00431. The second-order valence-corrected chi connectivity index (χ2v) is 5.04. The Morgan fingerprint density at radius 1 is 1.25 bits per heavy atom. The zero-order valence-corrected chi connectivity index (χ0v) is 9.69. The molecule has 1 heterocycles. The van der Waals surface area contributed by atoms with Gasteiger partial charge in [-0.25, -0.2) is 0 Å². The molecule has 0 aromatic rings. The third-order valence-electron chi connectivity index (χ3n) is 3.82. The molecule has 3 unspecified atom stereocenters. The van der Waals surface area contributed by atoms with Gasteiger partial charge in [-0.1, -0.05) is 6.92 Å². The lowest BCUT2D eigenvalue weighted by atomic mass is 9.76.